The zero-order valence-electron chi connectivity index (χ0n) is 11.0. The Kier molecular flexibility index (Phi) is 2.62. The molecule has 3 atom stereocenters. The number of fused-ring (bicyclic) bond motifs is 1. The van der Waals surface area contributed by atoms with Gasteiger partial charge in [0, 0.05) is 43.1 Å². The van der Waals surface area contributed by atoms with Crippen LogP contribution in [0.5, 0.6) is 0 Å². The van der Waals surface area contributed by atoms with E-state index in [4.69, 9.17) is 10.5 Å². The number of hydrogen-bond donors (Lipinski definition) is 1. The molecule has 2 heterocycles. The van der Waals surface area contributed by atoms with Crippen molar-refractivity contribution in [1.82, 2.24) is 4.90 Å². The average Bonchev–Trinajstić information content (AvgIpc) is 2.78. The maximum Gasteiger partial charge on any atom is 0.0691 e. The Morgan fingerprint density at radius 2 is 2.24 bits per heavy atom. The standard InChI is InChI=1S/C14H24N2O/c1-13(2)12-11(6-9-17-12)14(13,15)10-16-7-4-3-5-8-16/h3-4,11-12H,5-10,15H2,1-2H3. The van der Waals surface area contributed by atoms with Crippen LogP contribution in [-0.4, -0.2) is 42.8 Å². The molecule has 3 aliphatic rings. The summed E-state index contributed by atoms with van der Waals surface area (Å²) in [4.78, 5) is 2.50. The van der Waals surface area contributed by atoms with Gasteiger partial charge in [-0.25, -0.2) is 0 Å². The Balaban J connectivity index is 1.74. The minimum atomic E-state index is -0.0562. The van der Waals surface area contributed by atoms with Gasteiger partial charge in [-0.1, -0.05) is 26.0 Å². The van der Waals surface area contributed by atoms with Crippen molar-refractivity contribution in [3.63, 3.8) is 0 Å². The summed E-state index contributed by atoms with van der Waals surface area (Å²) in [6, 6.07) is 0. The molecule has 17 heavy (non-hydrogen) atoms. The van der Waals surface area contributed by atoms with E-state index in [1.165, 1.54) is 6.42 Å². The summed E-state index contributed by atoms with van der Waals surface area (Å²) < 4.78 is 5.84. The largest absolute Gasteiger partial charge is 0.377 e. The molecule has 0 amide bonds. The first-order valence-electron chi connectivity index (χ1n) is 6.83. The van der Waals surface area contributed by atoms with Crippen LogP contribution >= 0.6 is 0 Å². The van der Waals surface area contributed by atoms with Crippen LogP contribution in [0.15, 0.2) is 12.2 Å². The van der Waals surface area contributed by atoms with E-state index in [0.29, 0.717) is 12.0 Å². The van der Waals surface area contributed by atoms with E-state index in [1.54, 1.807) is 0 Å². The van der Waals surface area contributed by atoms with Gasteiger partial charge in [-0.2, -0.15) is 0 Å². The smallest absolute Gasteiger partial charge is 0.0691 e. The topological polar surface area (TPSA) is 38.5 Å². The molecule has 0 aromatic heterocycles. The quantitative estimate of drug-likeness (QED) is 0.736. The highest BCUT2D eigenvalue weighted by atomic mass is 16.5. The molecule has 0 aromatic carbocycles. The first kappa shape index (κ1) is 11.7. The first-order valence-corrected chi connectivity index (χ1v) is 6.83. The Morgan fingerprint density at radius 1 is 1.41 bits per heavy atom. The monoisotopic (exact) mass is 236 g/mol. The Hall–Kier alpha value is -0.380. The molecule has 0 bridgehead atoms. The maximum absolute atomic E-state index is 6.75. The van der Waals surface area contributed by atoms with Gasteiger partial charge in [0.2, 0.25) is 0 Å². The molecule has 1 aliphatic carbocycles. The second-order valence-electron chi connectivity index (χ2n) is 6.44. The minimum absolute atomic E-state index is 0.0562. The van der Waals surface area contributed by atoms with Crippen LogP contribution in [0.25, 0.3) is 0 Å². The molecular formula is C14H24N2O. The van der Waals surface area contributed by atoms with Crippen molar-refractivity contribution >= 4 is 0 Å². The third-order valence-electron chi connectivity index (χ3n) is 5.29. The van der Waals surface area contributed by atoms with E-state index in [1.807, 2.05) is 0 Å². The fourth-order valence-corrected chi connectivity index (χ4v) is 4.00. The van der Waals surface area contributed by atoms with E-state index >= 15 is 0 Å². The molecule has 3 rings (SSSR count). The van der Waals surface area contributed by atoms with E-state index < -0.39 is 0 Å². The lowest BCUT2D eigenvalue weighted by atomic mass is 9.48. The second-order valence-corrected chi connectivity index (χ2v) is 6.44. The molecule has 3 nitrogen and oxygen atoms in total. The first-order chi connectivity index (χ1) is 8.06. The second kappa shape index (κ2) is 3.81. The van der Waals surface area contributed by atoms with E-state index in [9.17, 15) is 0 Å². The molecule has 0 radical (unpaired) electrons. The van der Waals surface area contributed by atoms with Crippen LogP contribution in [0.3, 0.4) is 0 Å². The number of hydrogen-bond acceptors (Lipinski definition) is 3. The molecule has 1 saturated heterocycles. The van der Waals surface area contributed by atoms with Crippen molar-refractivity contribution in [3.05, 3.63) is 12.2 Å². The van der Waals surface area contributed by atoms with Crippen molar-refractivity contribution < 1.29 is 4.74 Å². The normalized spacial score (nSPS) is 44.4. The molecule has 3 heteroatoms. The van der Waals surface area contributed by atoms with Crippen molar-refractivity contribution in [2.75, 3.05) is 26.2 Å². The van der Waals surface area contributed by atoms with Crippen molar-refractivity contribution in [1.29, 1.82) is 0 Å². The zero-order valence-corrected chi connectivity index (χ0v) is 11.0. The molecule has 3 unspecified atom stereocenters. The van der Waals surface area contributed by atoms with E-state index in [-0.39, 0.29) is 11.0 Å². The van der Waals surface area contributed by atoms with Gasteiger partial charge in [0.1, 0.15) is 0 Å². The van der Waals surface area contributed by atoms with Crippen molar-refractivity contribution in [2.45, 2.75) is 38.3 Å². The number of ether oxygens (including phenoxy) is 1. The highest BCUT2D eigenvalue weighted by molar-refractivity contribution is 5.22. The average molecular weight is 236 g/mol. The number of nitrogens with two attached hydrogens (primary N) is 1. The van der Waals surface area contributed by atoms with E-state index in [2.05, 4.69) is 30.9 Å². The van der Waals surface area contributed by atoms with Crippen molar-refractivity contribution in [3.8, 4) is 0 Å². The SMILES string of the molecule is CC1(C)C2OCCC2C1(N)CN1CC=CCC1. The summed E-state index contributed by atoms with van der Waals surface area (Å²) in [7, 11) is 0. The number of nitrogens with zero attached hydrogens (tertiary/aromatic N) is 1. The summed E-state index contributed by atoms with van der Waals surface area (Å²) in [6.07, 6.45) is 7.25. The van der Waals surface area contributed by atoms with Crippen LogP contribution in [0.4, 0.5) is 0 Å². The summed E-state index contributed by atoms with van der Waals surface area (Å²) in [5.41, 5.74) is 6.82. The van der Waals surface area contributed by atoms with Crippen LogP contribution in [0.2, 0.25) is 0 Å². The summed E-state index contributed by atoms with van der Waals surface area (Å²) in [5.74, 6) is 0.573. The van der Waals surface area contributed by atoms with Gasteiger partial charge in [0.25, 0.3) is 0 Å². The predicted molar refractivity (Wildman–Crippen MR) is 68.7 cm³/mol. The van der Waals surface area contributed by atoms with Gasteiger partial charge in [0.05, 0.1) is 6.10 Å². The molecule has 96 valence electrons. The van der Waals surface area contributed by atoms with Crippen LogP contribution < -0.4 is 5.73 Å². The highest BCUT2D eigenvalue weighted by Crippen LogP contribution is 2.58. The van der Waals surface area contributed by atoms with Crippen molar-refractivity contribution in [2.24, 2.45) is 17.1 Å². The van der Waals surface area contributed by atoms with Gasteiger partial charge < -0.3 is 10.5 Å². The lowest BCUT2D eigenvalue weighted by Crippen LogP contribution is -2.78. The maximum atomic E-state index is 6.75. The third-order valence-corrected chi connectivity index (χ3v) is 5.29. The fourth-order valence-electron chi connectivity index (χ4n) is 4.00. The Bertz CT molecular complexity index is 339. The molecular weight excluding hydrogens is 212 g/mol. The molecule has 2 fully saturated rings. The summed E-state index contributed by atoms with van der Waals surface area (Å²) >= 11 is 0. The molecule has 2 aliphatic heterocycles. The van der Waals surface area contributed by atoms with Gasteiger partial charge in [-0.05, 0) is 12.8 Å². The van der Waals surface area contributed by atoms with Crippen LogP contribution in [-0.2, 0) is 4.74 Å². The lowest BCUT2D eigenvalue weighted by Gasteiger charge is -2.63. The highest BCUT2D eigenvalue weighted by Gasteiger charge is 2.67. The molecule has 0 spiro atoms. The Labute approximate surface area is 104 Å². The van der Waals surface area contributed by atoms with Gasteiger partial charge >= 0.3 is 0 Å². The fraction of sp³-hybridized carbons (Fsp3) is 0.857. The van der Waals surface area contributed by atoms with Gasteiger partial charge in [0.15, 0.2) is 0 Å². The summed E-state index contributed by atoms with van der Waals surface area (Å²) in [5, 5.41) is 0. The van der Waals surface area contributed by atoms with E-state index in [0.717, 1.165) is 32.7 Å². The molecule has 2 N–H and O–H groups in total. The lowest BCUT2D eigenvalue weighted by molar-refractivity contribution is -0.162. The van der Waals surface area contributed by atoms with Gasteiger partial charge in [-0.3, -0.25) is 4.90 Å². The van der Waals surface area contributed by atoms with Crippen LogP contribution in [0.1, 0.15) is 26.7 Å². The summed E-state index contributed by atoms with van der Waals surface area (Å²) in [6.45, 7) is 8.70. The third kappa shape index (κ3) is 1.52. The molecule has 0 aromatic rings. The van der Waals surface area contributed by atoms with Crippen LogP contribution in [0, 0.1) is 11.3 Å². The Morgan fingerprint density at radius 3 is 2.94 bits per heavy atom. The molecule has 1 saturated carbocycles. The zero-order chi connectivity index (χ0) is 12.1. The number of rotatable bonds is 2. The predicted octanol–water partition coefficient (Wildman–Crippen LogP) is 1.39. The van der Waals surface area contributed by atoms with Gasteiger partial charge in [-0.15, -0.1) is 0 Å². The minimum Gasteiger partial charge on any atom is -0.377 e.